The van der Waals surface area contributed by atoms with Gasteiger partial charge in [-0.25, -0.2) is 13.2 Å². The molecule has 0 fully saturated rings. The number of halogens is 2. The number of carboxylic acids is 1. The van der Waals surface area contributed by atoms with Crippen molar-refractivity contribution < 1.29 is 18.3 Å². The Hall–Kier alpha value is -1.83. The Bertz CT molecular complexity index is 809. The minimum atomic E-state index is -4.01. The molecule has 0 radical (unpaired) electrons. The van der Waals surface area contributed by atoms with Gasteiger partial charge in [-0.1, -0.05) is 23.2 Å². The largest absolute Gasteiger partial charge is 0.478 e. The molecule has 2 N–H and O–H groups in total. The molecule has 0 amide bonds. The van der Waals surface area contributed by atoms with E-state index >= 15 is 0 Å². The summed E-state index contributed by atoms with van der Waals surface area (Å²) in [7, 11) is -4.01. The van der Waals surface area contributed by atoms with Crippen LogP contribution in [0.25, 0.3) is 0 Å². The Labute approximate surface area is 130 Å². The molecule has 0 spiro atoms. The number of benzene rings is 1. The minimum Gasteiger partial charge on any atom is -0.478 e. The first-order chi connectivity index (χ1) is 9.81. The summed E-state index contributed by atoms with van der Waals surface area (Å²) in [5.74, 6) is -1.32. The summed E-state index contributed by atoms with van der Waals surface area (Å²) in [6.45, 7) is 0. The lowest BCUT2D eigenvalue weighted by atomic mass is 10.2. The van der Waals surface area contributed by atoms with Gasteiger partial charge < -0.3 is 5.11 Å². The number of nitrogens with one attached hydrogen (secondary N) is 1. The number of sulfonamides is 1. The van der Waals surface area contributed by atoms with Crippen LogP contribution in [-0.4, -0.2) is 24.5 Å². The molecule has 1 heterocycles. The number of aromatic carboxylic acids is 1. The molecule has 9 heteroatoms. The molecular formula is C12H8Cl2N2O4S. The van der Waals surface area contributed by atoms with Gasteiger partial charge in [0, 0.05) is 6.20 Å². The third kappa shape index (κ3) is 3.44. The fourth-order valence-electron chi connectivity index (χ4n) is 1.49. The van der Waals surface area contributed by atoms with E-state index < -0.39 is 16.0 Å². The topological polar surface area (TPSA) is 96.4 Å². The molecule has 21 heavy (non-hydrogen) atoms. The van der Waals surface area contributed by atoms with E-state index in [0.29, 0.717) is 0 Å². The molecule has 0 saturated heterocycles. The zero-order valence-electron chi connectivity index (χ0n) is 10.2. The van der Waals surface area contributed by atoms with E-state index in [-0.39, 0.29) is 26.2 Å². The first-order valence-electron chi connectivity index (χ1n) is 5.46. The summed E-state index contributed by atoms with van der Waals surface area (Å²) < 4.78 is 26.6. The Morgan fingerprint density at radius 2 is 1.90 bits per heavy atom. The number of pyridine rings is 1. The van der Waals surface area contributed by atoms with Crippen molar-refractivity contribution in [1.82, 2.24) is 4.98 Å². The van der Waals surface area contributed by atoms with E-state index in [1.165, 1.54) is 30.6 Å². The van der Waals surface area contributed by atoms with E-state index in [1.54, 1.807) is 0 Å². The highest BCUT2D eigenvalue weighted by molar-refractivity contribution is 7.92. The van der Waals surface area contributed by atoms with Gasteiger partial charge >= 0.3 is 5.97 Å². The standard InChI is InChI=1S/C12H8Cl2N2O4S/c13-9-2-1-7(5-8(9)12(17)18)21(19,20)16-11-6-15-4-3-10(11)14/h1-6,16H,(H,17,18). The minimum absolute atomic E-state index is 0.0548. The van der Waals surface area contributed by atoms with Crippen LogP contribution in [0, 0.1) is 0 Å². The van der Waals surface area contributed by atoms with E-state index in [0.717, 1.165) is 6.07 Å². The van der Waals surface area contributed by atoms with Crippen molar-refractivity contribution in [2.24, 2.45) is 0 Å². The number of carbonyl (C=O) groups is 1. The van der Waals surface area contributed by atoms with E-state index in [1.807, 2.05) is 0 Å². The zero-order chi connectivity index (χ0) is 15.6. The highest BCUT2D eigenvalue weighted by atomic mass is 35.5. The number of hydrogen-bond donors (Lipinski definition) is 2. The van der Waals surface area contributed by atoms with Crippen molar-refractivity contribution in [2.45, 2.75) is 4.90 Å². The SMILES string of the molecule is O=C(O)c1cc(S(=O)(=O)Nc2cnccc2Cl)ccc1Cl. The van der Waals surface area contributed by atoms with E-state index in [9.17, 15) is 13.2 Å². The van der Waals surface area contributed by atoms with Crippen LogP contribution in [-0.2, 0) is 10.0 Å². The Morgan fingerprint density at radius 3 is 2.52 bits per heavy atom. The highest BCUT2D eigenvalue weighted by Crippen LogP contribution is 2.25. The summed E-state index contributed by atoms with van der Waals surface area (Å²) in [6.07, 6.45) is 2.65. The van der Waals surface area contributed by atoms with Crippen LogP contribution in [0.4, 0.5) is 5.69 Å². The van der Waals surface area contributed by atoms with Gasteiger partial charge in [0.2, 0.25) is 0 Å². The lowest BCUT2D eigenvalue weighted by molar-refractivity contribution is 0.0697. The van der Waals surface area contributed by atoms with Gasteiger partial charge in [-0.15, -0.1) is 0 Å². The first kappa shape index (κ1) is 15.6. The number of anilines is 1. The van der Waals surface area contributed by atoms with Crippen molar-refractivity contribution in [1.29, 1.82) is 0 Å². The van der Waals surface area contributed by atoms with Gasteiger partial charge in [-0.3, -0.25) is 9.71 Å². The van der Waals surface area contributed by atoms with Crippen molar-refractivity contribution in [3.63, 3.8) is 0 Å². The van der Waals surface area contributed by atoms with Gasteiger partial charge in [0.1, 0.15) is 0 Å². The van der Waals surface area contributed by atoms with Gasteiger partial charge in [0.15, 0.2) is 0 Å². The predicted molar refractivity (Wildman–Crippen MR) is 78.5 cm³/mol. The number of carboxylic acid groups (broad SMARTS) is 1. The van der Waals surface area contributed by atoms with Crippen LogP contribution in [0.15, 0.2) is 41.6 Å². The van der Waals surface area contributed by atoms with Crippen LogP contribution in [0.1, 0.15) is 10.4 Å². The van der Waals surface area contributed by atoms with Gasteiger partial charge in [-0.05, 0) is 24.3 Å². The van der Waals surface area contributed by atoms with Crippen LogP contribution in [0.3, 0.4) is 0 Å². The summed E-state index contributed by atoms with van der Waals surface area (Å²) in [5.41, 5.74) is -0.220. The van der Waals surface area contributed by atoms with Crippen LogP contribution >= 0.6 is 23.2 Å². The number of aromatic nitrogens is 1. The average molecular weight is 347 g/mol. The van der Waals surface area contributed by atoms with Gasteiger partial charge in [0.05, 0.1) is 32.4 Å². The first-order valence-corrected chi connectivity index (χ1v) is 7.70. The third-order valence-electron chi connectivity index (χ3n) is 2.49. The lowest BCUT2D eigenvalue weighted by Gasteiger charge is -2.10. The molecule has 6 nitrogen and oxygen atoms in total. The molecule has 2 rings (SSSR count). The second kappa shape index (κ2) is 5.88. The number of nitrogens with zero attached hydrogens (tertiary/aromatic N) is 1. The number of hydrogen-bond acceptors (Lipinski definition) is 4. The summed E-state index contributed by atoms with van der Waals surface area (Å²) >= 11 is 11.5. The summed E-state index contributed by atoms with van der Waals surface area (Å²) in [6, 6.07) is 4.78. The molecule has 1 aromatic carbocycles. The second-order valence-electron chi connectivity index (χ2n) is 3.91. The molecule has 0 aliphatic carbocycles. The van der Waals surface area contributed by atoms with Crippen LogP contribution in [0.5, 0.6) is 0 Å². The zero-order valence-corrected chi connectivity index (χ0v) is 12.6. The normalized spacial score (nSPS) is 11.1. The fraction of sp³-hybridized carbons (Fsp3) is 0. The lowest BCUT2D eigenvalue weighted by Crippen LogP contribution is -2.14. The van der Waals surface area contributed by atoms with Crippen molar-refractivity contribution >= 4 is 44.9 Å². The molecule has 0 aliphatic heterocycles. The molecule has 0 atom stereocenters. The molecule has 0 aliphatic rings. The fourth-order valence-corrected chi connectivity index (χ4v) is 2.99. The smallest absolute Gasteiger partial charge is 0.337 e. The maximum Gasteiger partial charge on any atom is 0.337 e. The predicted octanol–water partition coefficient (Wildman–Crippen LogP) is 2.89. The maximum absolute atomic E-state index is 12.2. The van der Waals surface area contributed by atoms with Gasteiger partial charge in [-0.2, -0.15) is 0 Å². The van der Waals surface area contributed by atoms with Crippen molar-refractivity contribution in [3.05, 3.63) is 52.3 Å². The Balaban J connectivity index is 2.43. The van der Waals surface area contributed by atoms with E-state index in [4.69, 9.17) is 28.3 Å². The van der Waals surface area contributed by atoms with Crippen LogP contribution < -0.4 is 4.72 Å². The quantitative estimate of drug-likeness (QED) is 0.887. The second-order valence-corrected chi connectivity index (χ2v) is 6.40. The van der Waals surface area contributed by atoms with E-state index in [2.05, 4.69) is 9.71 Å². The van der Waals surface area contributed by atoms with Crippen molar-refractivity contribution in [3.8, 4) is 0 Å². The molecule has 2 aromatic rings. The van der Waals surface area contributed by atoms with Gasteiger partial charge in [0.25, 0.3) is 10.0 Å². The Kier molecular flexibility index (Phi) is 4.36. The highest BCUT2D eigenvalue weighted by Gasteiger charge is 2.19. The third-order valence-corrected chi connectivity index (χ3v) is 4.51. The van der Waals surface area contributed by atoms with Crippen LogP contribution in [0.2, 0.25) is 10.0 Å². The molecule has 0 bridgehead atoms. The molecular weight excluding hydrogens is 339 g/mol. The van der Waals surface area contributed by atoms with Crippen molar-refractivity contribution in [2.75, 3.05) is 4.72 Å². The molecule has 0 unspecified atom stereocenters. The molecule has 1 aromatic heterocycles. The molecule has 0 saturated carbocycles. The maximum atomic E-state index is 12.2. The Morgan fingerprint density at radius 1 is 1.19 bits per heavy atom. The molecule has 110 valence electrons. The summed E-state index contributed by atoms with van der Waals surface area (Å²) in [4.78, 5) is 14.5. The average Bonchev–Trinajstić information content (AvgIpc) is 2.41. The summed E-state index contributed by atoms with van der Waals surface area (Å²) in [5, 5.41) is 9.07. The number of rotatable bonds is 4. The monoisotopic (exact) mass is 346 g/mol.